The van der Waals surface area contributed by atoms with Gasteiger partial charge in [0.25, 0.3) is 0 Å². The Morgan fingerprint density at radius 3 is 2.92 bits per heavy atom. The van der Waals surface area contributed by atoms with Gasteiger partial charge in [-0.2, -0.15) is 0 Å². The van der Waals surface area contributed by atoms with Crippen LogP contribution in [0.2, 0.25) is 0 Å². The molecule has 0 aliphatic carbocycles. The van der Waals surface area contributed by atoms with Crippen molar-refractivity contribution in [2.75, 3.05) is 0 Å². The summed E-state index contributed by atoms with van der Waals surface area (Å²) in [5, 5.41) is 7.21. The molecule has 1 N–H and O–H groups in total. The molecule has 1 aromatic rings. The predicted octanol–water partition coefficient (Wildman–Crippen LogP) is 1.38. The van der Waals surface area contributed by atoms with Gasteiger partial charge in [0, 0.05) is 6.42 Å². The van der Waals surface area contributed by atoms with Crippen LogP contribution in [0.3, 0.4) is 0 Å². The van der Waals surface area contributed by atoms with Crippen molar-refractivity contribution < 1.29 is 9.53 Å². The van der Waals surface area contributed by atoms with Crippen molar-refractivity contribution in [1.82, 2.24) is 0 Å². The zero-order chi connectivity index (χ0) is 8.55. The highest BCUT2D eigenvalue weighted by atomic mass is 16.5. The van der Waals surface area contributed by atoms with E-state index >= 15 is 0 Å². The standard InChI is InChI=1S/C9H7NO2/c10-8-5-6-3-1-2-4-7(6)9(11)12-8/h1-4,10H,5H2. The van der Waals surface area contributed by atoms with Crippen LogP contribution in [0.25, 0.3) is 0 Å². The fourth-order valence-corrected chi connectivity index (χ4v) is 1.25. The van der Waals surface area contributed by atoms with Crippen molar-refractivity contribution in [3.05, 3.63) is 35.4 Å². The summed E-state index contributed by atoms with van der Waals surface area (Å²) >= 11 is 0. The Morgan fingerprint density at radius 2 is 2.08 bits per heavy atom. The lowest BCUT2D eigenvalue weighted by atomic mass is 10.0. The van der Waals surface area contributed by atoms with Crippen LogP contribution in [0.1, 0.15) is 15.9 Å². The molecule has 1 heterocycles. The van der Waals surface area contributed by atoms with E-state index in [1.165, 1.54) is 0 Å². The molecule has 1 aliphatic heterocycles. The van der Waals surface area contributed by atoms with Crippen molar-refractivity contribution in [1.29, 1.82) is 5.41 Å². The molecule has 0 spiro atoms. The summed E-state index contributed by atoms with van der Waals surface area (Å²) in [5.74, 6) is -0.388. The van der Waals surface area contributed by atoms with Gasteiger partial charge in [-0.25, -0.2) is 4.79 Å². The van der Waals surface area contributed by atoms with Crippen LogP contribution >= 0.6 is 0 Å². The van der Waals surface area contributed by atoms with E-state index in [4.69, 9.17) is 5.41 Å². The highest BCUT2D eigenvalue weighted by Gasteiger charge is 2.20. The quantitative estimate of drug-likeness (QED) is 0.584. The normalized spacial score (nSPS) is 15.3. The first-order valence-corrected chi connectivity index (χ1v) is 3.65. The second-order valence-electron chi connectivity index (χ2n) is 2.65. The smallest absolute Gasteiger partial charge is 0.344 e. The van der Waals surface area contributed by atoms with E-state index < -0.39 is 5.97 Å². The van der Waals surface area contributed by atoms with Gasteiger partial charge >= 0.3 is 5.97 Å². The van der Waals surface area contributed by atoms with E-state index in [1.807, 2.05) is 12.1 Å². The second-order valence-corrected chi connectivity index (χ2v) is 2.65. The summed E-state index contributed by atoms with van der Waals surface area (Å²) in [7, 11) is 0. The van der Waals surface area contributed by atoms with Crippen LogP contribution < -0.4 is 0 Å². The van der Waals surface area contributed by atoms with Gasteiger partial charge in [-0.05, 0) is 11.6 Å². The molecule has 0 saturated carbocycles. The van der Waals surface area contributed by atoms with Gasteiger partial charge < -0.3 is 4.74 Å². The van der Waals surface area contributed by atoms with Crippen LogP contribution in [0.15, 0.2) is 24.3 Å². The largest absolute Gasteiger partial charge is 0.408 e. The molecule has 60 valence electrons. The Bertz CT molecular complexity index is 357. The average Bonchev–Trinajstić information content (AvgIpc) is 2.04. The molecular formula is C9H7NO2. The first-order chi connectivity index (χ1) is 5.77. The number of hydrogen-bond donors (Lipinski definition) is 1. The van der Waals surface area contributed by atoms with E-state index in [0.29, 0.717) is 12.0 Å². The van der Waals surface area contributed by atoms with Crippen LogP contribution in [0.5, 0.6) is 0 Å². The molecule has 0 fully saturated rings. The summed E-state index contributed by atoms with van der Waals surface area (Å²) in [4.78, 5) is 11.1. The van der Waals surface area contributed by atoms with E-state index in [9.17, 15) is 4.79 Å². The highest BCUT2D eigenvalue weighted by Crippen LogP contribution is 2.16. The first kappa shape index (κ1) is 7.03. The Balaban J connectivity index is 2.54. The lowest BCUT2D eigenvalue weighted by molar-refractivity contribution is 0.0700. The molecular weight excluding hydrogens is 154 g/mol. The van der Waals surface area contributed by atoms with E-state index in [1.54, 1.807) is 12.1 Å². The van der Waals surface area contributed by atoms with Gasteiger partial charge in [-0.1, -0.05) is 18.2 Å². The number of fused-ring (bicyclic) bond motifs is 1. The summed E-state index contributed by atoms with van der Waals surface area (Å²) in [5.41, 5.74) is 1.45. The lowest BCUT2D eigenvalue weighted by Gasteiger charge is -2.14. The summed E-state index contributed by atoms with van der Waals surface area (Å²) < 4.78 is 4.66. The minimum atomic E-state index is -0.415. The molecule has 0 radical (unpaired) electrons. The maximum Gasteiger partial charge on any atom is 0.344 e. The Hall–Kier alpha value is -1.64. The Labute approximate surface area is 69.5 Å². The maximum atomic E-state index is 11.1. The third-order valence-electron chi connectivity index (χ3n) is 1.80. The summed E-state index contributed by atoms with van der Waals surface area (Å²) in [6, 6.07) is 7.19. The van der Waals surface area contributed by atoms with Gasteiger partial charge in [0.15, 0.2) is 5.90 Å². The Kier molecular flexibility index (Phi) is 1.43. The molecule has 0 saturated heterocycles. The topological polar surface area (TPSA) is 50.2 Å². The SMILES string of the molecule is N=C1Cc2ccccc2C(=O)O1. The van der Waals surface area contributed by atoms with Crippen LogP contribution in [0, 0.1) is 5.41 Å². The van der Waals surface area contributed by atoms with Gasteiger partial charge in [-0.3, -0.25) is 5.41 Å². The van der Waals surface area contributed by atoms with Gasteiger partial charge in [0.1, 0.15) is 0 Å². The second kappa shape index (κ2) is 2.44. The minimum Gasteiger partial charge on any atom is -0.408 e. The van der Waals surface area contributed by atoms with Crippen molar-refractivity contribution in [3.63, 3.8) is 0 Å². The fraction of sp³-hybridized carbons (Fsp3) is 0.111. The van der Waals surface area contributed by atoms with Gasteiger partial charge in [-0.15, -0.1) is 0 Å². The van der Waals surface area contributed by atoms with Crippen LogP contribution in [-0.2, 0) is 11.2 Å². The van der Waals surface area contributed by atoms with Crippen LogP contribution in [0.4, 0.5) is 0 Å². The van der Waals surface area contributed by atoms with E-state index in [2.05, 4.69) is 4.74 Å². The van der Waals surface area contributed by atoms with Crippen molar-refractivity contribution in [2.24, 2.45) is 0 Å². The maximum absolute atomic E-state index is 11.1. The molecule has 3 nitrogen and oxygen atoms in total. The molecule has 0 atom stereocenters. The number of cyclic esters (lactones) is 1. The lowest BCUT2D eigenvalue weighted by Crippen LogP contribution is -2.21. The number of carbonyl (C=O) groups is 1. The van der Waals surface area contributed by atoms with Crippen molar-refractivity contribution in [3.8, 4) is 0 Å². The van der Waals surface area contributed by atoms with Crippen molar-refractivity contribution >= 4 is 11.9 Å². The van der Waals surface area contributed by atoms with Crippen molar-refractivity contribution in [2.45, 2.75) is 6.42 Å². The fourth-order valence-electron chi connectivity index (χ4n) is 1.25. The molecule has 0 bridgehead atoms. The molecule has 2 rings (SSSR count). The number of carbonyl (C=O) groups excluding carboxylic acids is 1. The average molecular weight is 161 g/mol. The van der Waals surface area contributed by atoms with Gasteiger partial charge in [0.2, 0.25) is 0 Å². The number of rotatable bonds is 0. The molecule has 1 aromatic carbocycles. The first-order valence-electron chi connectivity index (χ1n) is 3.65. The summed E-state index contributed by atoms with van der Waals surface area (Å²) in [6.07, 6.45) is 0.419. The third kappa shape index (κ3) is 0.993. The van der Waals surface area contributed by atoms with E-state index in [-0.39, 0.29) is 5.90 Å². The molecule has 0 aromatic heterocycles. The molecule has 3 heteroatoms. The third-order valence-corrected chi connectivity index (χ3v) is 1.80. The molecule has 0 amide bonds. The van der Waals surface area contributed by atoms with Crippen LogP contribution in [-0.4, -0.2) is 11.9 Å². The minimum absolute atomic E-state index is 0.0266. The number of benzene rings is 1. The molecule has 12 heavy (non-hydrogen) atoms. The number of hydrogen-bond acceptors (Lipinski definition) is 3. The number of ether oxygens (including phenoxy) is 1. The zero-order valence-corrected chi connectivity index (χ0v) is 6.33. The van der Waals surface area contributed by atoms with Gasteiger partial charge in [0.05, 0.1) is 5.56 Å². The molecule has 1 aliphatic rings. The zero-order valence-electron chi connectivity index (χ0n) is 6.33. The van der Waals surface area contributed by atoms with E-state index in [0.717, 1.165) is 5.56 Å². The number of esters is 1. The molecule has 0 unspecified atom stereocenters. The number of nitrogens with one attached hydrogen (secondary N) is 1. The Morgan fingerprint density at radius 1 is 1.33 bits per heavy atom. The summed E-state index contributed by atoms with van der Waals surface area (Å²) in [6.45, 7) is 0. The predicted molar refractivity (Wildman–Crippen MR) is 43.3 cm³/mol. The highest BCUT2D eigenvalue weighted by molar-refractivity contribution is 6.03. The monoisotopic (exact) mass is 161 g/mol.